The number of anilines is 1. The zero-order valence-electron chi connectivity index (χ0n) is 13.6. The second-order valence-corrected chi connectivity index (χ2v) is 7.26. The van der Waals surface area contributed by atoms with E-state index in [-0.39, 0.29) is 29.3 Å². The molecular formula is C16H15F2N3O4S. The molecule has 2 aromatic rings. The van der Waals surface area contributed by atoms with Crippen LogP contribution in [0.4, 0.5) is 14.5 Å². The third kappa shape index (κ3) is 2.94. The van der Waals surface area contributed by atoms with E-state index in [2.05, 4.69) is 10.0 Å². The van der Waals surface area contributed by atoms with Gasteiger partial charge in [-0.05, 0) is 12.1 Å². The lowest BCUT2D eigenvalue weighted by Gasteiger charge is -2.15. The van der Waals surface area contributed by atoms with E-state index in [1.54, 1.807) is 13.2 Å². The van der Waals surface area contributed by atoms with E-state index in [0.717, 1.165) is 12.1 Å². The van der Waals surface area contributed by atoms with Crippen LogP contribution in [0.2, 0.25) is 0 Å². The highest BCUT2D eigenvalue weighted by Crippen LogP contribution is 2.35. The summed E-state index contributed by atoms with van der Waals surface area (Å²) >= 11 is -1.57. The van der Waals surface area contributed by atoms with Crippen molar-refractivity contribution in [2.24, 2.45) is 7.05 Å². The Morgan fingerprint density at radius 2 is 2.19 bits per heavy atom. The summed E-state index contributed by atoms with van der Waals surface area (Å²) in [5.74, 6) is -2.47. The van der Waals surface area contributed by atoms with Crippen LogP contribution in [0.3, 0.4) is 0 Å². The Bertz CT molecular complexity index is 875. The Morgan fingerprint density at radius 3 is 2.96 bits per heavy atom. The number of aromatic nitrogens is 1. The Hall–Kier alpha value is -2.14. The minimum atomic E-state index is -1.57. The van der Waals surface area contributed by atoms with Crippen LogP contribution in [0, 0.1) is 11.6 Å². The third-order valence-electron chi connectivity index (χ3n) is 4.25. The first-order valence-corrected chi connectivity index (χ1v) is 8.97. The van der Waals surface area contributed by atoms with Crippen molar-refractivity contribution in [3.05, 3.63) is 41.7 Å². The van der Waals surface area contributed by atoms with Crippen molar-refractivity contribution in [1.29, 1.82) is 0 Å². The number of ether oxygens (including phenoxy) is 2. The summed E-state index contributed by atoms with van der Waals surface area (Å²) in [4.78, 5) is 13.0. The largest absolute Gasteiger partial charge is 0.593 e. The fraction of sp³-hybridized carbons (Fsp3) is 0.312. The summed E-state index contributed by atoms with van der Waals surface area (Å²) in [6, 6.07) is 2.82. The van der Waals surface area contributed by atoms with Crippen LogP contribution >= 0.6 is 0 Å². The van der Waals surface area contributed by atoms with Gasteiger partial charge in [-0.1, -0.05) is 0 Å². The average molecular weight is 383 g/mol. The van der Waals surface area contributed by atoms with Crippen molar-refractivity contribution >= 4 is 23.0 Å². The summed E-state index contributed by atoms with van der Waals surface area (Å²) < 4.78 is 54.6. The predicted octanol–water partition coefficient (Wildman–Crippen LogP) is 1.33. The summed E-state index contributed by atoms with van der Waals surface area (Å²) in [5, 5.41) is 2.50. The highest BCUT2D eigenvalue weighted by molar-refractivity contribution is 7.89. The quantitative estimate of drug-likeness (QED) is 0.764. The number of hydrogen-bond acceptors (Lipinski definition) is 5. The third-order valence-corrected chi connectivity index (χ3v) is 5.46. The second-order valence-electron chi connectivity index (χ2n) is 6.05. The van der Waals surface area contributed by atoms with Crippen LogP contribution in [0.1, 0.15) is 10.5 Å². The number of rotatable bonds is 2. The van der Waals surface area contributed by atoms with Gasteiger partial charge in [0.25, 0.3) is 5.91 Å². The first kappa shape index (κ1) is 17.3. The topological polar surface area (TPSA) is 87.6 Å². The van der Waals surface area contributed by atoms with E-state index in [9.17, 15) is 18.1 Å². The van der Waals surface area contributed by atoms with Crippen LogP contribution in [-0.4, -0.2) is 40.4 Å². The number of hydrogen-bond donors (Lipinski definition) is 2. The standard InChI is InChI=1S/C16H15F2N3O4S/c1-21-5-13-15(25-12-7-24-6-11(12)20-26(13)23)14(21)16(22)19-8-2-3-9(17)10(18)4-8/h2-5,11-12,20H,6-7H2,1H3,(H,19,22). The van der Waals surface area contributed by atoms with Crippen LogP contribution in [0.25, 0.3) is 0 Å². The zero-order chi connectivity index (χ0) is 18.4. The number of carbonyl (C=O) groups excluding carboxylic acids is 1. The summed E-state index contributed by atoms with van der Waals surface area (Å²) in [6.07, 6.45) is 1.16. The molecule has 10 heteroatoms. The van der Waals surface area contributed by atoms with E-state index in [1.807, 2.05) is 0 Å². The first-order chi connectivity index (χ1) is 12.4. The number of benzene rings is 1. The molecule has 138 valence electrons. The van der Waals surface area contributed by atoms with Gasteiger partial charge < -0.3 is 23.9 Å². The molecule has 2 aliphatic rings. The molecular weight excluding hydrogens is 368 g/mol. The molecule has 4 rings (SSSR count). The van der Waals surface area contributed by atoms with Crippen molar-refractivity contribution in [3.63, 3.8) is 0 Å². The van der Waals surface area contributed by atoms with Crippen molar-refractivity contribution < 1.29 is 27.6 Å². The van der Waals surface area contributed by atoms with Crippen molar-refractivity contribution in [2.45, 2.75) is 17.0 Å². The zero-order valence-corrected chi connectivity index (χ0v) is 14.4. The number of halogens is 2. The van der Waals surface area contributed by atoms with Gasteiger partial charge in [-0.2, -0.15) is 0 Å². The lowest BCUT2D eigenvalue weighted by molar-refractivity contribution is 0.100. The molecule has 0 spiro atoms. The van der Waals surface area contributed by atoms with Crippen LogP contribution in [0.5, 0.6) is 5.75 Å². The SMILES string of the molecule is Cn1cc2c(c1C(=O)Nc1ccc(F)c(F)c1)OC1COCC1N[S+]2[O-]. The Kier molecular flexibility index (Phi) is 4.35. The van der Waals surface area contributed by atoms with Gasteiger partial charge in [0.15, 0.2) is 17.3 Å². The van der Waals surface area contributed by atoms with E-state index < -0.39 is 28.9 Å². The lowest BCUT2D eigenvalue weighted by atomic mass is 10.2. The molecule has 0 aliphatic carbocycles. The number of fused-ring (bicyclic) bond motifs is 2. The normalized spacial score (nSPS) is 24.4. The van der Waals surface area contributed by atoms with E-state index in [1.165, 1.54) is 10.6 Å². The van der Waals surface area contributed by atoms with Gasteiger partial charge in [0.05, 0.1) is 30.8 Å². The first-order valence-electron chi connectivity index (χ1n) is 7.82. The molecule has 1 aromatic heterocycles. The minimum absolute atomic E-state index is 0.0961. The molecule has 3 heterocycles. The van der Waals surface area contributed by atoms with Gasteiger partial charge in [0.1, 0.15) is 12.1 Å². The predicted molar refractivity (Wildman–Crippen MR) is 88.3 cm³/mol. The van der Waals surface area contributed by atoms with Crippen molar-refractivity contribution in [1.82, 2.24) is 9.29 Å². The molecule has 1 aromatic carbocycles. The highest BCUT2D eigenvalue weighted by atomic mass is 32.2. The molecule has 0 radical (unpaired) electrons. The highest BCUT2D eigenvalue weighted by Gasteiger charge is 2.42. The maximum Gasteiger partial charge on any atom is 0.276 e. The molecule has 0 bridgehead atoms. The minimum Gasteiger partial charge on any atom is -0.593 e. The molecule has 1 fully saturated rings. The lowest BCUT2D eigenvalue weighted by Crippen LogP contribution is -2.42. The molecule has 7 nitrogen and oxygen atoms in total. The fourth-order valence-corrected chi connectivity index (χ4v) is 4.15. The smallest absolute Gasteiger partial charge is 0.276 e. The average Bonchev–Trinajstić information content (AvgIpc) is 3.13. The summed E-state index contributed by atoms with van der Waals surface area (Å²) in [7, 11) is 1.61. The van der Waals surface area contributed by atoms with Gasteiger partial charge in [-0.25, -0.2) is 8.78 Å². The molecule has 26 heavy (non-hydrogen) atoms. The Balaban J connectivity index is 1.66. The van der Waals surface area contributed by atoms with Gasteiger partial charge in [0.2, 0.25) is 10.6 Å². The number of nitrogens with one attached hydrogen (secondary N) is 2. The number of carbonyl (C=O) groups is 1. The summed E-state index contributed by atoms with van der Waals surface area (Å²) in [5.41, 5.74) is 0.228. The monoisotopic (exact) mass is 383 g/mol. The van der Waals surface area contributed by atoms with E-state index in [0.29, 0.717) is 18.1 Å². The van der Waals surface area contributed by atoms with Gasteiger partial charge in [0, 0.05) is 18.8 Å². The molecule has 2 N–H and O–H groups in total. The van der Waals surface area contributed by atoms with Gasteiger partial charge in [-0.15, -0.1) is 4.72 Å². The van der Waals surface area contributed by atoms with Crippen molar-refractivity contribution in [3.8, 4) is 5.75 Å². The van der Waals surface area contributed by atoms with Crippen LogP contribution in [-0.2, 0) is 23.1 Å². The van der Waals surface area contributed by atoms with Crippen LogP contribution in [0.15, 0.2) is 29.3 Å². The van der Waals surface area contributed by atoms with E-state index >= 15 is 0 Å². The van der Waals surface area contributed by atoms with Gasteiger partial charge in [-0.3, -0.25) is 4.79 Å². The maximum absolute atomic E-state index is 13.4. The molecule has 2 aliphatic heterocycles. The molecule has 0 saturated carbocycles. The van der Waals surface area contributed by atoms with Crippen LogP contribution < -0.4 is 14.8 Å². The molecule has 3 unspecified atom stereocenters. The number of aryl methyl sites for hydroxylation is 1. The number of amides is 1. The van der Waals surface area contributed by atoms with E-state index in [4.69, 9.17) is 9.47 Å². The Labute approximate surface area is 150 Å². The number of nitrogens with zero attached hydrogens (tertiary/aromatic N) is 1. The van der Waals surface area contributed by atoms with Gasteiger partial charge >= 0.3 is 0 Å². The second kappa shape index (κ2) is 6.54. The molecule has 1 saturated heterocycles. The molecule has 1 amide bonds. The molecule has 3 atom stereocenters. The summed E-state index contributed by atoms with van der Waals surface area (Å²) in [6.45, 7) is 0.677. The fourth-order valence-electron chi connectivity index (χ4n) is 2.96. The maximum atomic E-state index is 13.4. The van der Waals surface area contributed by atoms with Crippen molar-refractivity contribution in [2.75, 3.05) is 18.5 Å². The Morgan fingerprint density at radius 1 is 1.38 bits per heavy atom.